The second-order valence-corrected chi connectivity index (χ2v) is 10.8. The van der Waals surface area contributed by atoms with Crippen LogP contribution in [0.5, 0.6) is 0 Å². The molecule has 5 aromatic rings. The molecule has 6 nitrogen and oxygen atoms in total. The van der Waals surface area contributed by atoms with Crippen molar-refractivity contribution in [1.82, 2.24) is 4.98 Å². The van der Waals surface area contributed by atoms with Gasteiger partial charge in [0, 0.05) is 27.1 Å². The van der Waals surface area contributed by atoms with Crippen LogP contribution >= 0.6 is 11.6 Å². The van der Waals surface area contributed by atoms with Gasteiger partial charge in [0.15, 0.2) is 0 Å². The van der Waals surface area contributed by atoms with Gasteiger partial charge in [-0.25, -0.2) is 4.79 Å². The van der Waals surface area contributed by atoms with Gasteiger partial charge < -0.3 is 14.5 Å². The molecule has 2 N–H and O–H groups in total. The molecule has 1 atom stereocenters. The monoisotopic (exact) mass is 564 g/mol. The summed E-state index contributed by atoms with van der Waals surface area (Å²) in [6, 6.07) is 31.4. The Kier molecular flexibility index (Phi) is 7.01. The lowest BCUT2D eigenvalue weighted by atomic mass is 9.93. The predicted molar refractivity (Wildman–Crippen MR) is 162 cm³/mol. The third kappa shape index (κ3) is 5.07. The number of aromatic nitrogens is 1. The van der Waals surface area contributed by atoms with Crippen LogP contribution in [-0.4, -0.2) is 24.2 Å². The summed E-state index contributed by atoms with van der Waals surface area (Å²) in [4.78, 5) is 28.7. The number of methoxy groups -OCH3 is 1. The minimum Gasteiger partial charge on any atom is -0.468 e. The van der Waals surface area contributed by atoms with Gasteiger partial charge in [-0.05, 0) is 48.6 Å². The van der Waals surface area contributed by atoms with Gasteiger partial charge in [-0.15, -0.1) is 0 Å². The summed E-state index contributed by atoms with van der Waals surface area (Å²) < 4.78 is 10.7. The molecule has 0 unspecified atom stereocenters. The van der Waals surface area contributed by atoms with E-state index >= 15 is 0 Å². The van der Waals surface area contributed by atoms with Crippen LogP contribution in [0.2, 0.25) is 5.02 Å². The number of H-pyrrole nitrogens is 1. The fraction of sp³-hybridized carbons (Fsp3) is 0.176. The number of nitrogens with one attached hydrogen (secondary N) is 2. The van der Waals surface area contributed by atoms with Crippen LogP contribution in [-0.2, 0) is 19.7 Å². The SMILES string of the molecule is COC(=O)C1(c2ccc(-c3ccc(-c4[nH]c5ccccc5c4NC(=O)O[C@H](C)c4ccccc4Cl)cc3)cc2)CC1. The zero-order valence-corrected chi connectivity index (χ0v) is 23.5. The van der Waals surface area contributed by atoms with Crippen LogP contribution in [0.25, 0.3) is 33.3 Å². The molecule has 1 amide bonds. The van der Waals surface area contributed by atoms with Gasteiger partial charge in [-0.1, -0.05) is 96.5 Å². The zero-order valence-electron chi connectivity index (χ0n) is 22.7. The van der Waals surface area contributed by atoms with E-state index in [-0.39, 0.29) is 5.97 Å². The zero-order chi connectivity index (χ0) is 28.6. The lowest BCUT2D eigenvalue weighted by molar-refractivity contribution is -0.143. The molecule has 0 radical (unpaired) electrons. The molecular formula is C34H29ClN2O4. The van der Waals surface area contributed by atoms with Crippen molar-refractivity contribution >= 4 is 40.3 Å². The minimum absolute atomic E-state index is 0.167. The molecule has 1 saturated carbocycles. The Balaban J connectivity index is 1.25. The number of fused-ring (bicyclic) bond motifs is 1. The number of esters is 1. The second kappa shape index (κ2) is 10.8. The predicted octanol–water partition coefficient (Wildman–Crippen LogP) is 8.67. The molecule has 0 bridgehead atoms. The van der Waals surface area contributed by atoms with Crippen molar-refractivity contribution in [3.8, 4) is 22.4 Å². The van der Waals surface area contributed by atoms with E-state index in [0.717, 1.165) is 57.3 Å². The Hall–Kier alpha value is -4.55. The fourth-order valence-electron chi connectivity index (χ4n) is 5.39. The van der Waals surface area contributed by atoms with Crippen molar-refractivity contribution in [2.24, 2.45) is 0 Å². The van der Waals surface area contributed by atoms with Crippen LogP contribution in [0.3, 0.4) is 0 Å². The molecule has 206 valence electrons. The maximum absolute atomic E-state index is 13.0. The van der Waals surface area contributed by atoms with Crippen LogP contribution in [0.15, 0.2) is 97.1 Å². The first kappa shape index (κ1) is 26.7. The van der Waals surface area contributed by atoms with Crippen molar-refractivity contribution in [3.05, 3.63) is 113 Å². The standard InChI is InChI=1S/C34H29ClN2O4/c1-21(26-7-3-5-9-28(26)35)41-33(39)37-31-27-8-4-6-10-29(27)36-30(31)24-13-11-22(12-14-24)23-15-17-25(18-16-23)34(19-20-34)32(38)40-2/h3-18,21,36H,19-20H2,1-2H3,(H,37,39)/t21-/m1/s1. The van der Waals surface area contributed by atoms with E-state index in [1.165, 1.54) is 7.11 Å². The number of carbonyl (C=O) groups is 2. The molecule has 1 aromatic heterocycles. The molecule has 0 spiro atoms. The van der Waals surface area contributed by atoms with E-state index in [2.05, 4.69) is 10.3 Å². The normalized spacial score (nSPS) is 14.3. The number of para-hydroxylation sites is 1. The Morgan fingerprint density at radius 2 is 1.46 bits per heavy atom. The largest absolute Gasteiger partial charge is 0.468 e. The van der Waals surface area contributed by atoms with Crippen LogP contribution in [0, 0.1) is 0 Å². The number of anilines is 1. The molecule has 0 aliphatic heterocycles. The average molecular weight is 565 g/mol. The van der Waals surface area contributed by atoms with Gasteiger partial charge in [0.1, 0.15) is 6.10 Å². The number of benzene rings is 4. The smallest absolute Gasteiger partial charge is 0.412 e. The summed E-state index contributed by atoms with van der Waals surface area (Å²) in [5, 5.41) is 4.39. The first-order valence-electron chi connectivity index (χ1n) is 13.5. The summed E-state index contributed by atoms with van der Waals surface area (Å²) in [6.45, 7) is 1.79. The summed E-state index contributed by atoms with van der Waals surface area (Å²) in [6.07, 6.45) is 0.549. The van der Waals surface area contributed by atoms with Crippen LogP contribution in [0.4, 0.5) is 10.5 Å². The molecule has 41 heavy (non-hydrogen) atoms. The number of ether oxygens (including phenoxy) is 2. The van der Waals surface area contributed by atoms with Crippen LogP contribution in [0.1, 0.15) is 37.0 Å². The second-order valence-electron chi connectivity index (χ2n) is 10.3. The van der Waals surface area contributed by atoms with E-state index in [1.807, 2.05) is 91.0 Å². The summed E-state index contributed by atoms with van der Waals surface area (Å²) in [5.41, 5.74) is 6.59. The minimum atomic E-state index is -0.569. The highest BCUT2D eigenvalue weighted by Crippen LogP contribution is 2.49. The number of amides is 1. The van der Waals surface area contributed by atoms with Gasteiger partial charge in [0.2, 0.25) is 0 Å². The first-order valence-corrected chi connectivity index (χ1v) is 13.9. The highest BCUT2D eigenvalue weighted by molar-refractivity contribution is 6.31. The number of aromatic amines is 1. The van der Waals surface area contributed by atoms with Crippen LogP contribution < -0.4 is 5.32 Å². The number of hydrogen-bond acceptors (Lipinski definition) is 4. The third-order valence-electron chi connectivity index (χ3n) is 7.83. The summed E-state index contributed by atoms with van der Waals surface area (Å²) in [5.74, 6) is -0.167. The van der Waals surface area contributed by atoms with Gasteiger partial charge in [-0.3, -0.25) is 10.1 Å². The maximum atomic E-state index is 13.0. The number of hydrogen-bond donors (Lipinski definition) is 2. The fourth-order valence-corrected chi connectivity index (χ4v) is 5.68. The van der Waals surface area contributed by atoms with E-state index in [9.17, 15) is 9.59 Å². The molecule has 0 saturated heterocycles. The van der Waals surface area contributed by atoms with Crippen molar-refractivity contribution in [2.75, 3.05) is 12.4 Å². The molecule has 6 rings (SSSR count). The Morgan fingerprint density at radius 3 is 2.12 bits per heavy atom. The van der Waals surface area contributed by atoms with E-state index in [0.29, 0.717) is 10.7 Å². The number of halogens is 1. The quantitative estimate of drug-likeness (QED) is 0.194. The summed E-state index contributed by atoms with van der Waals surface area (Å²) >= 11 is 6.30. The lowest BCUT2D eigenvalue weighted by Crippen LogP contribution is -2.21. The molecule has 1 heterocycles. The summed E-state index contributed by atoms with van der Waals surface area (Å²) in [7, 11) is 1.44. The lowest BCUT2D eigenvalue weighted by Gasteiger charge is -2.16. The van der Waals surface area contributed by atoms with Crippen molar-refractivity contribution in [1.29, 1.82) is 0 Å². The Morgan fingerprint density at radius 1 is 0.854 bits per heavy atom. The van der Waals surface area contributed by atoms with Gasteiger partial charge in [-0.2, -0.15) is 0 Å². The topological polar surface area (TPSA) is 80.4 Å². The number of rotatable bonds is 7. The molecule has 1 aliphatic carbocycles. The van der Waals surface area contributed by atoms with Gasteiger partial charge in [0.05, 0.1) is 23.9 Å². The first-order chi connectivity index (χ1) is 19.9. The van der Waals surface area contributed by atoms with E-state index < -0.39 is 17.6 Å². The molecule has 1 aliphatic rings. The number of carbonyl (C=O) groups excluding carboxylic acids is 2. The average Bonchev–Trinajstić information content (AvgIpc) is 3.74. The Bertz CT molecular complexity index is 1740. The van der Waals surface area contributed by atoms with E-state index in [1.54, 1.807) is 13.0 Å². The molecule has 7 heteroatoms. The molecular weight excluding hydrogens is 536 g/mol. The third-order valence-corrected chi connectivity index (χ3v) is 8.17. The highest BCUT2D eigenvalue weighted by Gasteiger charge is 2.52. The van der Waals surface area contributed by atoms with Gasteiger partial charge >= 0.3 is 12.1 Å². The van der Waals surface area contributed by atoms with Crippen molar-refractivity contribution < 1.29 is 19.1 Å². The van der Waals surface area contributed by atoms with E-state index in [4.69, 9.17) is 21.1 Å². The van der Waals surface area contributed by atoms with Gasteiger partial charge in [0.25, 0.3) is 0 Å². The van der Waals surface area contributed by atoms with Crippen molar-refractivity contribution in [2.45, 2.75) is 31.3 Å². The highest BCUT2D eigenvalue weighted by atomic mass is 35.5. The molecule has 4 aromatic carbocycles. The Labute approximate surface area is 243 Å². The van der Waals surface area contributed by atoms with Crippen molar-refractivity contribution in [3.63, 3.8) is 0 Å². The molecule has 1 fully saturated rings. The maximum Gasteiger partial charge on any atom is 0.412 e.